The van der Waals surface area contributed by atoms with Crippen molar-refractivity contribution in [3.63, 3.8) is 0 Å². The van der Waals surface area contributed by atoms with Crippen molar-refractivity contribution >= 4 is 43.7 Å². The first-order chi connectivity index (χ1) is 25.6. The van der Waals surface area contributed by atoms with Gasteiger partial charge in [-0.2, -0.15) is 0 Å². The lowest BCUT2D eigenvalue weighted by Gasteiger charge is -2.22. The average Bonchev–Trinajstić information content (AvgIpc) is 3.92. The van der Waals surface area contributed by atoms with Crippen LogP contribution in [0.4, 0.5) is 0 Å². The Balaban J connectivity index is 1.21. The highest BCUT2D eigenvalue weighted by atomic mass is 15.1. The molecular formula is C48H34N4. The molecule has 7 aromatic carbocycles. The minimum absolute atomic E-state index is 0.194. The molecule has 0 saturated carbocycles. The van der Waals surface area contributed by atoms with Crippen molar-refractivity contribution in [1.82, 2.24) is 18.7 Å². The Morgan fingerprint density at radius 1 is 0.462 bits per heavy atom. The molecule has 0 radical (unpaired) electrons. The van der Waals surface area contributed by atoms with Gasteiger partial charge in [-0.15, -0.1) is 0 Å². The molecule has 1 aliphatic carbocycles. The average molecular weight is 667 g/mol. The number of hydrogen-bond donors (Lipinski definition) is 0. The first-order valence-corrected chi connectivity index (χ1v) is 18.0. The Morgan fingerprint density at radius 3 is 1.85 bits per heavy atom. The van der Waals surface area contributed by atoms with Crippen molar-refractivity contribution in [2.45, 2.75) is 19.3 Å². The van der Waals surface area contributed by atoms with E-state index in [4.69, 9.17) is 4.98 Å². The van der Waals surface area contributed by atoms with Crippen LogP contribution >= 0.6 is 0 Å². The Kier molecular flexibility index (Phi) is 5.98. The van der Waals surface area contributed by atoms with Gasteiger partial charge in [0.15, 0.2) is 0 Å². The Labute approximate surface area is 301 Å². The van der Waals surface area contributed by atoms with E-state index in [1.165, 1.54) is 60.8 Å². The lowest BCUT2D eigenvalue weighted by Crippen LogP contribution is -2.15. The Bertz CT molecular complexity index is 3010. The summed E-state index contributed by atoms with van der Waals surface area (Å²) >= 11 is 0. The van der Waals surface area contributed by atoms with Gasteiger partial charge in [0, 0.05) is 49.8 Å². The SMILES string of the molecule is CC1(C)c2ccccc2-c2c1c1c(ccc3c4ccccc4n(-c4ccc(-c5nc6ccccc6n5-c5ccccc5)cc4)c31)n2-c1ccccc1. The molecule has 0 unspecified atom stereocenters. The Morgan fingerprint density at radius 2 is 1.08 bits per heavy atom. The van der Waals surface area contributed by atoms with E-state index in [-0.39, 0.29) is 5.41 Å². The molecule has 10 aromatic rings. The number of nitrogens with zero attached hydrogens (tertiary/aromatic N) is 4. The van der Waals surface area contributed by atoms with Crippen molar-refractivity contribution in [3.8, 4) is 39.7 Å². The van der Waals surface area contributed by atoms with E-state index >= 15 is 0 Å². The Hall–Kier alpha value is -6.65. The molecule has 52 heavy (non-hydrogen) atoms. The first kappa shape index (κ1) is 29.1. The summed E-state index contributed by atoms with van der Waals surface area (Å²) in [6, 6.07) is 61.3. The molecule has 0 N–H and O–H groups in total. The van der Waals surface area contributed by atoms with E-state index in [2.05, 4.69) is 197 Å². The van der Waals surface area contributed by atoms with E-state index in [1.54, 1.807) is 0 Å². The zero-order valence-corrected chi connectivity index (χ0v) is 29.0. The lowest BCUT2D eigenvalue weighted by molar-refractivity contribution is 0.666. The second-order valence-electron chi connectivity index (χ2n) is 14.4. The first-order valence-electron chi connectivity index (χ1n) is 18.0. The van der Waals surface area contributed by atoms with Crippen LogP contribution in [0, 0.1) is 0 Å². The van der Waals surface area contributed by atoms with Gasteiger partial charge in [0.1, 0.15) is 5.82 Å². The van der Waals surface area contributed by atoms with Gasteiger partial charge in [-0.3, -0.25) is 4.57 Å². The van der Waals surface area contributed by atoms with Gasteiger partial charge in [-0.05, 0) is 83.9 Å². The summed E-state index contributed by atoms with van der Waals surface area (Å²) in [4.78, 5) is 5.15. The number of fused-ring (bicyclic) bond motifs is 10. The van der Waals surface area contributed by atoms with Crippen molar-refractivity contribution in [3.05, 3.63) is 181 Å². The van der Waals surface area contributed by atoms with Gasteiger partial charge in [-0.1, -0.05) is 111 Å². The molecule has 11 rings (SSSR count). The molecule has 1 aliphatic rings. The number of aromatic nitrogens is 4. The van der Waals surface area contributed by atoms with E-state index in [9.17, 15) is 0 Å². The topological polar surface area (TPSA) is 27.7 Å². The van der Waals surface area contributed by atoms with Crippen LogP contribution in [0.2, 0.25) is 0 Å². The number of hydrogen-bond acceptors (Lipinski definition) is 1. The number of benzene rings is 7. The molecule has 0 saturated heterocycles. The van der Waals surface area contributed by atoms with Gasteiger partial charge >= 0.3 is 0 Å². The van der Waals surface area contributed by atoms with Crippen LogP contribution in [0.15, 0.2) is 170 Å². The molecule has 0 spiro atoms. The summed E-state index contributed by atoms with van der Waals surface area (Å²) < 4.78 is 7.26. The van der Waals surface area contributed by atoms with E-state index < -0.39 is 0 Å². The molecule has 0 amide bonds. The third kappa shape index (κ3) is 3.89. The largest absolute Gasteiger partial charge is 0.309 e. The molecule has 246 valence electrons. The molecule has 0 bridgehead atoms. The third-order valence-corrected chi connectivity index (χ3v) is 11.2. The van der Waals surface area contributed by atoms with Gasteiger partial charge in [0.2, 0.25) is 0 Å². The van der Waals surface area contributed by atoms with E-state index in [1.807, 2.05) is 0 Å². The summed E-state index contributed by atoms with van der Waals surface area (Å²) in [6.45, 7) is 4.79. The quantitative estimate of drug-likeness (QED) is 0.184. The summed E-state index contributed by atoms with van der Waals surface area (Å²) in [5, 5.41) is 3.82. The molecule has 4 heteroatoms. The minimum atomic E-state index is -0.194. The van der Waals surface area contributed by atoms with Crippen LogP contribution in [0.3, 0.4) is 0 Å². The monoisotopic (exact) mass is 666 g/mol. The zero-order valence-electron chi connectivity index (χ0n) is 29.0. The van der Waals surface area contributed by atoms with Crippen molar-refractivity contribution in [1.29, 1.82) is 0 Å². The number of imidazole rings is 1. The van der Waals surface area contributed by atoms with Crippen molar-refractivity contribution in [2.75, 3.05) is 0 Å². The fraction of sp³-hybridized carbons (Fsp3) is 0.0625. The van der Waals surface area contributed by atoms with Crippen LogP contribution in [0.5, 0.6) is 0 Å². The molecule has 0 fully saturated rings. The predicted octanol–water partition coefficient (Wildman–Crippen LogP) is 12.0. The molecule has 4 nitrogen and oxygen atoms in total. The second-order valence-corrected chi connectivity index (χ2v) is 14.4. The molecule has 3 aromatic heterocycles. The molecule has 0 aliphatic heterocycles. The predicted molar refractivity (Wildman–Crippen MR) is 215 cm³/mol. The third-order valence-electron chi connectivity index (χ3n) is 11.2. The van der Waals surface area contributed by atoms with Crippen LogP contribution in [0.25, 0.3) is 83.4 Å². The molecule has 0 atom stereocenters. The van der Waals surface area contributed by atoms with Crippen molar-refractivity contribution < 1.29 is 0 Å². The fourth-order valence-corrected chi connectivity index (χ4v) is 8.99. The summed E-state index contributed by atoms with van der Waals surface area (Å²) in [5.74, 6) is 0.931. The van der Waals surface area contributed by atoms with Crippen LogP contribution in [0.1, 0.15) is 25.0 Å². The van der Waals surface area contributed by atoms with Gasteiger partial charge in [0.25, 0.3) is 0 Å². The standard InChI is InChI=1S/C48H34N4/c1-48(2)38-21-11-9-20-37(38)46-44(48)43-42(51(46)32-15-5-3-6-16-32)30-29-36-35-19-10-13-23-40(35)50(45(36)43)34-27-25-31(26-28-34)47-49-39-22-12-14-24-41(39)52(47)33-17-7-4-8-18-33/h3-30H,1-2H3. The van der Waals surface area contributed by atoms with E-state index in [0.29, 0.717) is 0 Å². The molecule has 3 heterocycles. The van der Waals surface area contributed by atoms with Gasteiger partial charge in [0.05, 0.1) is 33.3 Å². The fourth-order valence-electron chi connectivity index (χ4n) is 8.99. The maximum absolute atomic E-state index is 5.15. The van der Waals surface area contributed by atoms with Crippen molar-refractivity contribution in [2.24, 2.45) is 0 Å². The number of rotatable bonds is 4. The van der Waals surface area contributed by atoms with Crippen LogP contribution in [-0.2, 0) is 5.41 Å². The minimum Gasteiger partial charge on any atom is -0.309 e. The van der Waals surface area contributed by atoms with E-state index in [0.717, 1.165) is 33.8 Å². The zero-order chi connectivity index (χ0) is 34.6. The maximum atomic E-state index is 5.15. The smallest absolute Gasteiger partial charge is 0.145 e. The van der Waals surface area contributed by atoms with Crippen LogP contribution in [-0.4, -0.2) is 18.7 Å². The lowest BCUT2D eigenvalue weighted by atomic mass is 9.81. The van der Waals surface area contributed by atoms with Crippen LogP contribution < -0.4 is 0 Å². The summed E-state index contributed by atoms with van der Waals surface area (Å²) in [7, 11) is 0. The summed E-state index contributed by atoms with van der Waals surface area (Å²) in [5.41, 5.74) is 15.4. The maximum Gasteiger partial charge on any atom is 0.145 e. The summed E-state index contributed by atoms with van der Waals surface area (Å²) in [6.07, 6.45) is 0. The molecular weight excluding hydrogens is 633 g/mol. The van der Waals surface area contributed by atoms with Gasteiger partial charge in [-0.25, -0.2) is 4.98 Å². The highest BCUT2D eigenvalue weighted by Crippen LogP contribution is 2.55. The highest BCUT2D eigenvalue weighted by Gasteiger charge is 2.41. The highest BCUT2D eigenvalue weighted by molar-refractivity contribution is 6.21. The second kappa shape index (κ2) is 10.7. The number of para-hydroxylation sites is 5. The van der Waals surface area contributed by atoms with Gasteiger partial charge < -0.3 is 9.13 Å². The normalized spacial score (nSPS) is 13.3.